The van der Waals surface area contributed by atoms with E-state index in [1.54, 1.807) is 0 Å². The van der Waals surface area contributed by atoms with Crippen LogP contribution in [0.3, 0.4) is 0 Å². The van der Waals surface area contributed by atoms with Crippen molar-refractivity contribution in [3.05, 3.63) is 0 Å². The predicted octanol–water partition coefficient (Wildman–Crippen LogP) is 5.02. The van der Waals surface area contributed by atoms with Crippen LogP contribution in [0.4, 0.5) is 0 Å². The summed E-state index contributed by atoms with van der Waals surface area (Å²) in [5.41, 5.74) is 0. The maximum absolute atomic E-state index is 5.77. The van der Waals surface area contributed by atoms with E-state index in [2.05, 4.69) is 25.7 Å². The van der Waals surface area contributed by atoms with E-state index in [1.165, 1.54) is 70.8 Å². The van der Waals surface area contributed by atoms with E-state index in [4.69, 9.17) is 4.74 Å². The fourth-order valence-electron chi connectivity index (χ4n) is 3.29. The molecule has 0 aromatic carbocycles. The highest BCUT2D eigenvalue weighted by atomic mass is 16.5. The summed E-state index contributed by atoms with van der Waals surface area (Å²) in [5, 5.41) is 0. The first-order chi connectivity index (χ1) is 9.72. The molecule has 0 aromatic heterocycles. The molecule has 2 atom stereocenters. The van der Waals surface area contributed by atoms with Crippen molar-refractivity contribution in [2.75, 3.05) is 19.6 Å². The molecule has 1 aliphatic heterocycles. The molecule has 1 fully saturated rings. The van der Waals surface area contributed by atoms with Crippen molar-refractivity contribution in [3.8, 4) is 0 Å². The van der Waals surface area contributed by atoms with Gasteiger partial charge in [0.1, 0.15) is 0 Å². The quantitative estimate of drug-likeness (QED) is 0.494. The van der Waals surface area contributed by atoms with Crippen LogP contribution in [-0.2, 0) is 4.74 Å². The van der Waals surface area contributed by atoms with Crippen LogP contribution in [0.15, 0.2) is 0 Å². The van der Waals surface area contributed by atoms with Crippen LogP contribution in [0.25, 0.3) is 0 Å². The van der Waals surface area contributed by atoms with Crippen LogP contribution in [0.5, 0.6) is 0 Å². The van der Waals surface area contributed by atoms with Crippen molar-refractivity contribution >= 4 is 0 Å². The molecule has 0 N–H and O–H groups in total. The number of hydrogen-bond acceptors (Lipinski definition) is 2. The summed E-state index contributed by atoms with van der Waals surface area (Å²) >= 11 is 0. The first kappa shape index (κ1) is 18.0. The molecule has 20 heavy (non-hydrogen) atoms. The van der Waals surface area contributed by atoms with Gasteiger partial charge in [0, 0.05) is 13.1 Å². The fraction of sp³-hybridized carbons (Fsp3) is 1.00. The number of nitrogens with zero attached hydrogens (tertiary/aromatic N) is 1. The van der Waals surface area contributed by atoms with E-state index in [9.17, 15) is 0 Å². The standard InChI is InChI=1S/C18H37NO/c1-4-5-6-7-8-9-10-11-12-13-14-19-15-17(2)20-18(3)16-19/h17-18H,4-16H2,1-3H3. The lowest BCUT2D eigenvalue weighted by molar-refractivity contribution is -0.0681. The van der Waals surface area contributed by atoms with Crippen molar-refractivity contribution in [2.45, 2.75) is 97.2 Å². The number of unbranched alkanes of at least 4 members (excludes halogenated alkanes) is 9. The van der Waals surface area contributed by atoms with Crippen molar-refractivity contribution < 1.29 is 4.74 Å². The topological polar surface area (TPSA) is 12.5 Å². The van der Waals surface area contributed by atoms with Gasteiger partial charge >= 0.3 is 0 Å². The van der Waals surface area contributed by atoms with E-state index < -0.39 is 0 Å². The molecule has 0 saturated carbocycles. The molecule has 1 aliphatic rings. The third-order valence-electron chi connectivity index (χ3n) is 4.32. The van der Waals surface area contributed by atoms with Crippen LogP contribution < -0.4 is 0 Å². The highest BCUT2D eigenvalue weighted by Gasteiger charge is 2.21. The fourth-order valence-corrected chi connectivity index (χ4v) is 3.29. The minimum absolute atomic E-state index is 0.418. The van der Waals surface area contributed by atoms with Gasteiger partial charge in [0.05, 0.1) is 12.2 Å². The molecule has 1 saturated heterocycles. The normalized spacial score (nSPS) is 24.1. The van der Waals surface area contributed by atoms with Crippen LogP contribution in [0, 0.1) is 0 Å². The van der Waals surface area contributed by atoms with E-state index in [0.717, 1.165) is 13.1 Å². The highest BCUT2D eigenvalue weighted by Crippen LogP contribution is 2.13. The summed E-state index contributed by atoms with van der Waals surface area (Å²) in [7, 11) is 0. The molecule has 1 heterocycles. The SMILES string of the molecule is CCCCCCCCCCCCN1CC(C)OC(C)C1. The van der Waals surface area contributed by atoms with Gasteiger partial charge in [0.15, 0.2) is 0 Å². The number of rotatable bonds is 11. The maximum atomic E-state index is 5.77. The summed E-state index contributed by atoms with van der Waals surface area (Å²) in [6.45, 7) is 10.2. The lowest BCUT2D eigenvalue weighted by Crippen LogP contribution is -2.45. The zero-order chi connectivity index (χ0) is 14.6. The minimum Gasteiger partial charge on any atom is -0.373 e. The summed E-state index contributed by atoms with van der Waals surface area (Å²) < 4.78 is 5.77. The Bertz CT molecular complexity index is 209. The molecule has 2 unspecified atom stereocenters. The molecule has 0 spiro atoms. The van der Waals surface area contributed by atoms with Crippen molar-refractivity contribution in [3.63, 3.8) is 0 Å². The van der Waals surface area contributed by atoms with Crippen LogP contribution >= 0.6 is 0 Å². The molecule has 0 bridgehead atoms. The molecule has 0 radical (unpaired) electrons. The monoisotopic (exact) mass is 283 g/mol. The highest BCUT2D eigenvalue weighted by molar-refractivity contribution is 4.72. The Balaban J connectivity index is 1.85. The first-order valence-corrected chi connectivity index (χ1v) is 9.10. The third-order valence-corrected chi connectivity index (χ3v) is 4.32. The zero-order valence-corrected chi connectivity index (χ0v) is 14.2. The van der Waals surface area contributed by atoms with Crippen molar-refractivity contribution in [2.24, 2.45) is 0 Å². The Hall–Kier alpha value is -0.0800. The maximum Gasteiger partial charge on any atom is 0.0678 e. The molecule has 2 nitrogen and oxygen atoms in total. The molecule has 2 heteroatoms. The first-order valence-electron chi connectivity index (χ1n) is 9.10. The van der Waals surface area contributed by atoms with E-state index in [0.29, 0.717) is 12.2 Å². The summed E-state index contributed by atoms with van der Waals surface area (Å²) in [5.74, 6) is 0. The smallest absolute Gasteiger partial charge is 0.0678 e. The third kappa shape index (κ3) is 8.97. The number of hydrogen-bond donors (Lipinski definition) is 0. The van der Waals surface area contributed by atoms with Gasteiger partial charge in [-0.25, -0.2) is 0 Å². The molecule has 1 rings (SSSR count). The van der Waals surface area contributed by atoms with Crippen LogP contribution in [0.1, 0.15) is 85.0 Å². The van der Waals surface area contributed by atoms with Gasteiger partial charge in [0.2, 0.25) is 0 Å². The average Bonchev–Trinajstić information content (AvgIpc) is 2.40. The van der Waals surface area contributed by atoms with Gasteiger partial charge in [-0.3, -0.25) is 4.90 Å². The minimum atomic E-state index is 0.418. The molecule has 0 aliphatic carbocycles. The summed E-state index contributed by atoms with van der Waals surface area (Å²) in [6.07, 6.45) is 15.1. The van der Waals surface area contributed by atoms with Crippen molar-refractivity contribution in [1.82, 2.24) is 4.90 Å². The van der Waals surface area contributed by atoms with Crippen LogP contribution in [-0.4, -0.2) is 36.7 Å². The Morgan fingerprint density at radius 1 is 0.750 bits per heavy atom. The van der Waals surface area contributed by atoms with E-state index in [-0.39, 0.29) is 0 Å². The molecular weight excluding hydrogens is 246 g/mol. The van der Waals surface area contributed by atoms with Gasteiger partial charge < -0.3 is 4.74 Å². The lowest BCUT2D eigenvalue weighted by atomic mass is 10.1. The van der Waals surface area contributed by atoms with Crippen LogP contribution in [0.2, 0.25) is 0 Å². The average molecular weight is 284 g/mol. The lowest BCUT2D eigenvalue weighted by Gasteiger charge is -2.35. The molecule has 0 amide bonds. The molecule has 120 valence electrons. The van der Waals surface area contributed by atoms with Crippen molar-refractivity contribution in [1.29, 1.82) is 0 Å². The summed E-state index contributed by atoms with van der Waals surface area (Å²) in [4.78, 5) is 2.59. The Morgan fingerprint density at radius 3 is 1.70 bits per heavy atom. The number of morpholine rings is 1. The summed E-state index contributed by atoms with van der Waals surface area (Å²) in [6, 6.07) is 0. The van der Waals surface area contributed by atoms with Gasteiger partial charge in [-0.05, 0) is 26.8 Å². The van der Waals surface area contributed by atoms with E-state index in [1.807, 2.05) is 0 Å². The zero-order valence-electron chi connectivity index (χ0n) is 14.2. The van der Waals surface area contributed by atoms with Gasteiger partial charge in [-0.2, -0.15) is 0 Å². The Morgan fingerprint density at radius 2 is 1.20 bits per heavy atom. The Labute approximate surface area is 127 Å². The Kier molecular flexibility index (Phi) is 10.4. The predicted molar refractivity (Wildman–Crippen MR) is 88.3 cm³/mol. The molecular formula is C18H37NO. The number of ether oxygens (including phenoxy) is 1. The van der Waals surface area contributed by atoms with Gasteiger partial charge in [-0.15, -0.1) is 0 Å². The second-order valence-corrected chi connectivity index (χ2v) is 6.70. The van der Waals surface area contributed by atoms with Gasteiger partial charge in [-0.1, -0.05) is 64.7 Å². The second-order valence-electron chi connectivity index (χ2n) is 6.70. The van der Waals surface area contributed by atoms with Gasteiger partial charge in [0.25, 0.3) is 0 Å². The van der Waals surface area contributed by atoms with E-state index >= 15 is 0 Å². The molecule has 0 aromatic rings. The largest absolute Gasteiger partial charge is 0.373 e. The second kappa shape index (κ2) is 11.6.